The lowest BCUT2D eigenvalue weighted by Gasteiger charge is -2.10. The Labute approximate surface area is 195 Å². The number of thioether (sulfide) groups is 1. The van der Waals surface area contributed by atoms with Crippen LogP contribution < -0.4 is 20.3 Å². The Morgan fingerprint density at radius 3 is 2.30 bits per heavy atom. The molecule has 9 nitrogen and oxygen atoms in total. The molecule has 0 saturated carbocycles. The van der Waals surface area contributed by atoms with Crippen LogP contribution >= 0.6 is 11.8 Å². The summed E-state index contributed by atoms with van der Waals surface area (Å²) in [5.74, 6) is 0.615. The first-order chi connectivity index (χ1) is 15.6. The summed E-state index contributed by atoms with van der Waals surface area (Å²) in [7, 11) is -1.03. The van der Waals surface area contributed by atoms with Gasteiger partial charge in [0.15, 0.2) is 10.1 Å². The molecule has 0 radical (unpaired) electrons. The number of anilines is 1. The highest BCUT2D eigenvalue weighted by molar-refractivity contribution is 7.99. The molecule has 3 aromatic rings. The number of hydrogen-bond acceptors (Lipinski definition) is 8. The molecule has 1 heterocycles. The molecule has 1 amide bonds. The van der Waals surface area contributed by atoms with Gasteiger partial charge in [0.2, 0.25) is 15.7 Å². The van der Waals surface area contributed by atoms with E-state index in [0.717, 1.165) is 23.5 Å². The Morgan fingerprint density at radius 2 is 1.73 bits per heavy atom. The number of aryl methyl sites for hydroxylation is 2. The van der Waals surface area contributed by atoms with Crippen LogP contribution in [0.3, 0.4) is 0 Å². The van der Waals surface area contributed by atoms with Gasteiger partial charge in [-0.1, -0.05) is 29.5 Å². The molecule has 2 aromatic carbocycles. The number of aromatic amines is 1. The van der Waals surface area contributed by atoms with Gasteiger partial charge in [-0.15, -0.1) is 0 Å². The van der Waals surface area contributed by atoms with Crippen molar-refractivity contribution in [3.05, 3.63) is 64.1 Å². The smallest absolute Gasteiger partial charge is 0.270 e. The van der Waals surface area contributed by atoms with Crippen LogP contribution in [0.5, 0.6) is 11.5 Å². The highest BCUT2D eigenvalue weighted by Gasteiger charge is 2.24. The number of carbonyl (C=O) groups excluding carboxylic acids is 1. The summed E-state index contributed by atoms with van der Waals surface area (Å²) in [6.07, 6.45) is 1.01. The molecule has 3 rings (SSSR count). The minimum Gasteiger partial charge on any atom is -0.497 e. The Hall–Kier alpha value is -3.31. The Bertz CT molecular complexity index is 1330. The zero-order chi connectivity index (χ0) is 24.2. The van der Waals surface area contributed by atoms with E-state index in [-0.39, 0.29) is 21.7 Å². The van der Waals surface area contributed by atoms with Gasteiger partial charge in [-0.25, -0.2) is 13.4 Å². The van der Waals surface area contributed by atoms with Gasteiger partial charge in [-0.2, -0.15) is 0 Å². The molecule has 0 aliphatic rings. The SMILES string of the molecule is COc1cc(NC(=O)CSc2ncc(S(=O)(=O)c3ccc(C)cc3C)c(=O)[nH]2)cc(OC)c1. The molecule has 0 saturated heterocycles. The van der Waals surface area contributed by atoms with E-state index < -0.39 is 20.3 Å². The third-order valence-corrected chi connectivity index (χ3v) is 7.42. The molecule has 11 heteroatoms. The number of aromatic nitrogens is 2. The molecule has 1 aromatic heterocycles. The topological polar surface area (TPSA) is 127 Å². The monoisotopic (exact) mass is 489 g/mol. The van der Waals surface area contributed by atoms with Gasteiger partial charge in [0, 0.05) is 23.9 Å². The predicted octanol–water partition coefficient (Wildman–Crippen LogP) is 2.97. The molecule has 174 valence electrons. The number of ether oxygens (including phenoxy) is 2. The van der Waals surface area contributed by atoms with Crippen molar-refractivity contribution in [2.45, 2.75) is 28.8 Å². The number of amides is 1. The summed E-state index contributed by atoms with van der Waals surface area (Å²) < 4.78 is 36.2. The predicted molar refractivity (Wildman–Crippen MR) is 125 cm³/mol. The van der Waals surface area contributed by atoms with Gasteiger partial charge >= 0.3 is 0 Å². The summed E-state index contributed by atoms with van der Waals surface area (Å²) in [4.78, 5) is 30.9. The molecule has 0 fully saturated rings. The average molecular weight is 490 g/mol. The number of benzene rings is 2. The lowest BCUT2D eigenvalue weighted by atomic mass is 10.2. The van der Waals surface area contributed by atoms with E-state index in [9.17, 15) is 18.0 Å². The maximum Gasteiger partial charge on any atom is 0.270 e. The average Bonchev–Trinajstić information content (AvgIpc) is 2.77. The fourth-order valence-electron chi connectivity index (χ4n) is 3.06. The van der Waals surface area contributed by atoms with Gasteiger partial charge < -0.3 is 19.8 Å². The van der Waals surface area contributed by atoms with E-state index in [1.54, 1.807) is 37.3 Å². The summed E-state index contributed by atoms with van der Waals surface area (Å²) in [6, 6.07) is 9.82. The van der Waals surface area contributed by atoms with Gasteiger partial charge in [-0.3, -0.25) is 9.59 Å². The molecule has 0 spiro atoms. The van der Waals surface area contributed by atoms with E-state index >= 15 is 0 Å². The van der Waals surface area contributed by atoms with Gasteiger partial charge in [0.25, 0.3) is 5.56 Å². The van der Waals surface area contributed by atoms with Gasteiger partial charge in [0.05, 0.1) is 31.1 Å². The van der Waals surface area contributed by atoms with Crippen molar-refractivity contribution in [3.8, 4) is 11.5 Å². The number of nitrogens with zero attached hydrogens (tertiary/aromatic N) is 1. The summed E-state index contributed by atoms with van der Waals surface area (Å²) in [5.41, 5.74) is 1.13. The van der Waals surface area contributed by atoms with Crippen LogP contribution in [-0.2, 0) is 14.6 Å². The number of rotatable bonds is 8. The minimum absolute atomic E-state index is 0.0499. The fourth-order valence-corrected chi connectivity index (χ4v) is 5.15. The second-order valence-electron chi connectivity index (χ2n) is 7.09. The normalized spacial score (nSPS) is 11.2. The van der Waals surface area contributed by atoms with Crippen LogP contribution in [0.25, 0.3) is 0 Å². The zero-order valence-corrected chi connectivity index (χ0v) is 20.1. The van der Waals surface area contributed by atoms with Crippen molar-refractivity contribution in [2.24, 2.45) is 0 Å². The van der Waals surface area contributed by atoms with Crippen molar-refractivity contribution >= 4 is 33.2 Å². The molecule has 0 aliphatic heterocycles. The molecule has 0 atom stereocenters. The first kappa shape index (κ1) is 24.3. The number of nitrogens with one attached hydrogen (secondary N) is 2. The van der Waals surface area contributed by atoms with Crippen LogP contribution in [0.15, 0.2) is 62.3 Å². The van der Waals surface area contributed by atoms with Crippen LogP contribution in [0, 0.1) is 13.8 Å². The third kappa shape index (κ3) is 5.74. The standard InChI is InChI=1S/C22H23N3O6S2/c1-13-5-6-18(14(2)7-13)33(28,29)19-11-23-22(25-21(19)27)32-12-20(26)24-15-8-16(30-3)10-17(9-15)31-4/h5-11H,12H2,1-4H3,(H,24,26)(H,23,25,27). The molecule has 0 unspecified atom stereocenters. The van der Waals surface area contributed by atoms with Crippen molar-refractivity contribution in [2.75, 3.05) is 25.3 Å². The van der Waals surface area contributed by atoms with E-state index in [1.165, 1.54) is 20.3 Å². The Balaban J connectivity index is 1.72. The Morgan fingerprint density at radius 1 is 1.06 bits per heavy atom. The number of H-pyrrole nitrogens is 1. The van der Waals surface area contributed by atoms with Crippen molar-refractivity contribution in [1.82, 2.24) is 9.97 Å². The highest BCUT2D eigenvalue weighted by Crippen LogP contribution is 2.26. The van der Waals surface area contributed by atoms with Crippen LogP contribution in [0.1, 0.15) is 11.1 Å². The lowest BCUT2D eigenvalue weighted by Crippen LogP contribution is -2.20. The number of sulfone groups is 1. The minimum atomic E-state index is -4.04. The molecule has 0 bridgehead atoms. The van der Waals surface area contributed by atoms with E-state index in [0.29, 0.717) is 22.7 Å². The quantitative estimate of drug-likeness (QED) is 0.365. The number of methoxy groups -OCH3 is 2. The number of hydrogen-bond donors (Lipinski definition) is 2. The molecular formula is C22H23N3O6S2. The van der Waals surface area contributed by atoms with Crippen molar-refractivity contribution in [1.29, 1.82) is 0 Å². The van der Waals surface area contributed by atoms with Crippen LogP contribution in [0.4, 0.5) is 5.69 Å². The molecular weight excluding hydrogens is 466 g/mol. The van der Waals surface area contributed by atoms with Crippen molar-refractivity contribution in [3.63, 3.8) is 0 Å². The summed E-state index contributed by atoms with van der Waals surface area (Å²) in [5, 5.41) is 2.83. The highest BCUT2D eigenvalue weighted by atomic mass is 32.2. The molecule has 0 aliphatic carbocycles. The lowest BCUT2D eigenvalue weighted by molar-refractivity contribution is -0.113. The third-order valence-electron chi connectivity index (χ3n) is 4.63. The Kier molecular flexibility index (Phi) is 7.44. The number of carbonyl (C=O) groups is 1. The van der Waals surface area contributed by atoms with Gasteiger partial charge in [0.1, 0.15) is 11.5 Å². The van der Waals surface area contributed by atoms with Crippen LogP contribution in [0.2, 0.25) is 0 Å². The second-order valence-corrected chi connectivity index (χ2v) is 9.94. The summed E-state index contributed by atoms with van der Waals surface area (Å²) >= 11 is 0.966. The molecule has 33 heavy (non-hydrogen) atoms. The summed E-state index contributed by atoms with van der Waals surface area (Å²) in [6.45, 7) is 3.52. The first-order valence-corrected chi connectivity index (χ1v) is 12.2. The zero-order valence-electron chi connectivity index (χ0n) is 18.5. The maximum absolute atomic E-state index is 12.9. The van der Waals surface area contributed by atoms with Gasteiger partial charge in [-0.05, 0) is 25.5 Å². The molecule has 2 N–H and O–H groups in total. The van der Waals surface area contributed by atoms with E-state index in [4.69, 9.17) is 9.47 Å². The first-order valence-electron chi connectivity index (χ1n) is 9.71. The van der Waals surface area contributed by atoms with Crippen molar-refractivity contribution < 1.29 is 22.7 Å². The van der Waals surface area contributed by atoms with E-state index in [2.05, 4.69) is 15.3 Å². The maximum atomic E-state index is 12.9. The fraction of sp³-hybridized carbons (Fsp3) is 0.227. The second kappa shape index (κ2) is 10.1. The van der Waals surface area contributed by atoms with E-state index in [1.807, 2.05) is 6.92 Å². The van der Waals surface area contributed by atoms with Crippen LogP contribution in [-0.4, -0.2) is 44.3 Å². The largest absolute Gasteiger partial charge is 0.497 e.